The number of aryl methyl sites for hydroxylation is 2. The summed E-state index contributed by atoms with van der Waals surface area (Å²) in [5.41, 5.74) is 2.98. The predicted octanol–water partition coefficient (Wildman–Crippen LogP) is 4.77. The lowest BCUT2D eigenvalue weighted by molar-refractivity contribution is 0.375. The van der Waals surface area contributed by atoms with E-state index >= 15 is 0 Å². The quantitative estimate of drug-likeness (QED) is 0.368. The Balaban J connectivity index is 1.37. The number of nitrogens with zero attached hydrogens (tertiary/aromatic N) is 2. The van der Waals surface area contributed by atoms with Gasteiger partial charge in [-0.05, 0) is 38.3 Å². The van der Waals surface area contributed by atoms with Gasteiger partial charge in [0.1, 0.15) is 11.6 Å². The number of nitrogens with one attached hydrogen (secondary N) is 1. The molecular weight excluding hydrogens is 306 g/mol. The first-order valence-electron chi connectivity index (χ1n) is 8.12. The van der Waals surface area contributed by atoms with E-state index in [1.165, 1.54) is 12.8 Å². The molecule has 5 heteroatoms. The van der Waals surface area contributed by atoms with Crippen LogP contribution in [0, 0.1) is 6.92 Å². The van der Waals surface area contributed by atoms with Crippen molar-refractivity contribution in [2.75, 3.05) is 0 Å². The fraction of sp³-hybridized carbons (Fsp3) is 0.389. The van der Waals surface area contributed by atoms with Crippen LogP contribution in [0.2, 0.25) is 0 Å². The number of benzene rings is 1. The molecule has 0 spiro atoms. The van der Waals surface area contributed by atoms with Crippen molar-refractivity contribution in [3.05, 3.63) is 47.6 Å². The molecule has 0 fully saturated rings. The van der Waals surface area contributed by atoms with Gasteiger partial charge in [0.2, 0.25) is 0 Å². The molecule has 120 valence electrons. The molecule has 0 aliphatic heterocycles. The maximum Gasteiger partial charge on any atom is 0.145 e. The number of para-hydroxylation sites is 2. The second-order valence-corrected chi connectivity index (χ2v) is 6.37. The number of hydrogen-bond acceptors (Lipinski definition) is 4. The van der Waals surface area contributed by atoms with E-state index in [9.17, 15) is 0 Å². The van der Waals surface area contributed by atoms with Gasteiger partial charge in [-0.3, -0.25) is 0 Å². The van der Waals surface area contributed by atoms with Crippen molar-refractivity contribution in [3.8, 4) is 0 Å². The zero-order chi connectivity index (χ0) is 16.1. The van der Waals surface area contributed by atoms with Crippen LogP contribution in [0.4, 0.5) is 0 Å². The molecule has 0 saturated heterocycles. The van der Waals surface area contributed by atoms with Crippen molar-refractivity contribution in [2.24, 2.45) is 0 Å². The summed E-state index contributed by atoms with van der Waals surface area (Å²) in [6.45, 7) is 1.95. The summed E-state index contributed by atoms with van der Waals surface area (Å²) < 4.78 is 5.21. The van der Waals surface area contributed by atoms with Crippen molar-refractivity contribution in [3.63, 3.8) is 0 Å². The van der Waals surface area contributed by atoms with Crippen LogP contribution in [-0.4, -0.2) is 20.0 Å². The van der Waals surface area contributed by atoms with E-state index in [2.05, 4.69) is 15.1 Å². The molecular formula is C18H21N3OS. The molecule has 0 aliphatic carbocycles. The summed E-state index contributed by atoms with van der Waals surface area (Å²) in [7, 11) is 0. The van der Waals surface area contributed by atoms with Crippen LogP contribution in [0.15, 0.2) is 34.9 Å². The SMILES string of the molecule is Cc1cc(CCCCCCC(=S)c2nc3ccccc3[nH]2)on1. The van der Waals surface area contributed by atoms with Gasteiger partial charge in [0.25, 0.3) is 0 Å². The number of H-pyrrole nitrogens is 1. The van der Waals surface area contributed by atoms with Crippen molar-refractivity contribution >= 4 is 28.1 Å². The molecule has 0 atom stereocenters. The average Bonchev–Trinajstić information content (AvgIpc) is 3.16. The monoisotopic (exact) mass is 327 g/mol. The number of hydrogen-bond donors (Lipinski definition) is 1. The number of aromatic amines is 1. The molecule has 23 heavy (non-hydrogen) atoms. The molecule has 0 aliphatic rings. The molecule has 2 heterocycles. The highest BCUT2D eigenvalue weighted by atomic mass is 32.1. The maximum absolute atomic E-state index is 5.50. The van der Waals surface area contributed by atoms with Crippen molar-refractivity contribution < 1.29 is 4.52 Å². The number of imidazole rings is 1. The van der Waals surface area contributed by atoms with E-state index in [4.69, 9.17) is 16.7 Å². The second kappa shape index (κ2) is 7.51. The van der Waals surface area contributed by atoms with E-state index in [0.29, 0.717) is 0 Å². The van der Waals surface area contributed by atoms with Gasteiger partial charge in [0.05, 0.1) is 21.6 Å². The van der Waals surface area contributed by atoms with Gasteiger partial charge >= 0.3 is 0 Å². The summed E-state index contributed by atoms with van der Waals surface area (Å²) in [6.07, 6.45) is 6.47. The van der Waals surface area contributed by atoms with E-state index in [-0.39, 0.29) is 0 Å². The van der Waals surface area contributed by atoms with Crippen molar-refractivity contribution in [1.82, 2.24) is 15.1 Å². The van der Waals surface area contributed by atoms with Crippen molar-refractivity contribution in [1.29, 1.82) is 0 Å². The van der Waals surface area contributed by atoms with Crippen LogP contribution in [0.25, 0.3) is 11.0 Å². The smallest absolute Gasteiger partial charge is 0.145 e. The zero-order valence-corrected chi connectivity index (χ0v) is 14.2. The normalized spacial score (nSPS) is 11.2. The summed E-state index contributed by atoms with van der Waals surface area (Å²) in [4.78, 5) is 8.78. The van der Waals surface area contributed by atoms with Crippen LogP contribution in [-0.2, 0) is 6.42 Å². The van der Waals surface area contributed by atoms with E-state index in [1.54, 1.807) is 0 Å². The Labute approximate surface area is 141 Å². The molecule has 0 radical (unpaired) electrons. The molecule has 2 aromatic heterocycles. The molecule has 1 aromatic carbocycles. The number of thiocarbonyl (C=S) groups is 1. The van der Waals surface area contributed by atoms with Gasteiger partial charge in [0, 0.05) is 12.5 Å². The standard InChI is InChI=1S/C18H21N3OS/c1-13-12-14(22-21-13)8-4-2-3-5-11-17(23)18-19-15-9-6-7-10-16(15)20-18/h6-7,9-10,12H,2-5,8,11H2,1H3,(H,19,20). The number of aromatic nitrogens is 3. The fourth-order valence-corrected chi connectivity index (χ4v) is 2.92. The first-order valence-corrected chi connectivity index (χ1v) is 8.53. The fourth-order valence-electron chi connectivity index (χ4n) is 2.68. The molecule has 4 nitrogen and oxygen atoms in total. The maximum atomic E-state index is 5.50. The Morgan fingerprint density at radius 1 is 1.17 bits per heavy atom. The molecule has 0 unspecified atom stereocenters. The van der Waals surface area contributed by atoms with Crippen LogP contribution in [0.1, 0.15) is 49.4 Å². The predicted molar refractivity (Wildman–Crippen MR) is 95.8 cm³/mol. The summed E-state index contributed by atoms with van der Waals surface area (Å²) in [6, 6.07) is 10.0. The molecule has 1 N–H and O–H groups in total. The Bertz CT molecular complexity index is 757. The first kappa shape index (κ1) is 15.9. The molecule has 0 amide bonds. The largest absolute Gasteiger partial charge is 0.361 e. The Kier molecular flexibility index (Phi) is 5.18. The number of fused-ring (bicyclic) bond motifs is 1. The Morgan fingerprint density at radius 2 is 2.00 bits per heavy atom. The second-order valence-electron chi connectivity index (χ2n) is 5.87. The van der Waals surface area contributed by atoms with Crippen molar-refractivity contribution in [2.45, 2.75) is 45.4 Å². The minimum Gasteiger partial charge on any atom is -0.361 e. The lowest BCUT2D eigenvalue weighted by Crippen LogP contribution is -1.99. The third-order valence-corrected chi connectivity index (χ3v) is 4.30. The highest BCUT2D eigenvalue weighted by molar-refractivity contribution is 7.80. The number of unbranched alkanes of at least 4 members (excludes halogenated alkanes) is 3. The minimum atomic E-state index is 0.846. The Morgan fingerprint density at radius 3 is 2.78 bits per heavy atom. The van der Waals surface area contributed by atoms with Gasteiger partial charge in [-0.1, -0.05) is 42.3 Å². The van der Waals surface area contributed by atoms with Gasteiger partial charge < -0.3 is 9.51 Å². The van der Waals surface area contributed by atoms with E-state index in [1.807, 2.05) is 37.3 Å². The van der Waals surface area contributed by atoms with Gasteiger partial charge in [-0.15, -0.1) is 0 Å². The van der Waals surface area contributed by atoms with Gasteiger partial charge in [0.15, 0.2) is 0 Å². The van der Waals surface area contributed by atoms with Gasteiger partial charge in [-0.2, -0.15) is 0 Å². The van der Waals surface area contributed by atoms with Gasteiger partial charge in [-0.25, -0.2) is 4.98 Å². The van der Waals surface area contributed by atoms with Crippen LogP contribution in [0.3, 0.4) is 0 Å². The number of rotatable bonds is 8. The minimum absolute atomic E-state index is 0.846. The zero-order valence-electron chi connectivity index (χ0n) is 13.3. The van der Waals surface area contributed by atoms with Crippen LogP contribution in [0.5, 0.6) is 0 Å². The van der Waals surface area contributed by atoms with E-state index in [0.717, 1.165) is 58.9 Å². The molecule has 0 saturated carbocycles. The average molecular weight is 327 g/mol. The highest BCUT2D eigenvalue weighted by Gasteiger charge is 2.07. The first-order chi connectivity index (χ1) is 11.2. The summed E-state index contributed by atoms with van der Waals surface area (Å²) in [5.74, 6) is 1.83. The third kappa shape index (κ3) is 4.26. The summed E-state index contributed by atoms with van der Waals surface area (Å²) >= 11 is 5.50. The Hall–Kier alpha value is -2.01. The van der Waals surface area contributed by atoms with Crippen LogP contribution >= 0.6 is 12.2 Å². The molecule has 3 rings (SSSR count). The lowest BCUT2D eigenvalue weighted by Gasteiger charge is -2.01. The molecule has 3 aromatic rings. The highest BCUT2D eigenvalue weighted by Crippen LogP contribution is 2.15. The van der Waals surface area contributed by atoms with E-state index < -0.39 is 0 Å². The topological polar surface area (TPSA) is 54.7 Å². The molecule has 0 bridgehead atoms. The third-order valence-electron chi connectivity index (χ3n) is 3.91. The van der Waals surface area contributed by atoms with Crippen LogP contribution < -0.4 is 0 Å². The lowest BCUT2D eigenvalue weighted by atomic mass is 10.1. The summed E-state index contributed by atoms with van der Waals surface area (Å²) in [5, 5.41) is 3.90.